The predicted molar refractivity (Wildman–Crippen MR) is 121 cm³/mol. The fourth-order valence-electron chi connectivity index (χ4n) is 4.33. The Morgan fingerprint density at radius 2 is 1.76 bits per heavy atom. The van der Waals surface area contributed by atoms with Gasteiger partial charge in [0, 0.05) is 6.42 Å². The zero-order chi connectivity index (χ0) is 23.5. The minimum absolute atomic E-state index is 0.117. The number of nitrogens with one attached hydrogen (secondary N) is 2. The number of ether oxygens (including phenoxy) is 3. The molecule has 2 aliphatic rings. The smallest absolute Gasteiger partial charge is 0.329 e. The Morgan fingerprint density at radius 1 is 1.06 bits per heavy atom. The van der Waals surface area contributed by atoms with Crippen LogP contribution in [0.4, 0.5) is 10.5 Å². The summed E-state index contributed by atoms with van der Waals surface area (Å²) in [5.74, 6) is 1.37. The van der Waals surface area contributed by atoms with E-state index in [4.69, 9.17) is 14.2 Å². The molecule has 9 nitrogen and oxygen atoms in total. The Bertz CT molecular complexity index is 1070. The Kier molecular flexibility index (Phi) is 6.39. The maximum Gasteiger partial charge on any atom is 0.329 e. The van der Waals surface area contributed by atoms with Gasteiger partial charge in [0.15, 0.2) is 11.5 Å². The molecule has 4 amide bonds. The van der Waals surface area contributed by atoms with Gasteiger partial charge >= 0.3 is 6.03 Å². The molecule has 2 aromatic rings. The highest BCUT2D eigenvalue weighted by molar-refractivity contribution is 6.21. The zero-order valence-corrected chi connectivity index (χ0v) is 18.8. The average molecular weight is 453 g/mol. The van der Waals surface area contributed by atoms with Crippen molar-refractivity contribution in [2.45, 2.75) is 37.8 Å². The molecular weight excluding hydrogens is 426 g/mol. The summed E-state index contributed by atoms with van der Waals surface area (Å²) in [5.41, 5.74) is 2.58. The number of aryl methyl sites for hydroxylation is 1. The number of carbonyl (C=O) groups excluding carboxylic acids is 3. The Hall–Kier alpha value is -3.75. The molecule has 1 aliphatic carbocycles. The first-order valence-electron chi connectivity index (χ1n) is 10.8. The summed E-state index contributed by atoms with van der Waals surface area (Å²) in [7, 11) is 4.72. The topological polar surface area (TPSA) is 106 Å². The molecule has 0 unspecified atom stereocenters. The van der Waals surface area contributed by atoms with Gasteiger partial charge in [-0.05, 0) is 66.8 Å². The third-order valence-electron chi connectivity index (χ3n) is 6.07. The van der Waals surface area contributed by atoms with Crippen LogP contribution in [-0.4, -0.2) is 45.2 Å². The van der Waals surface area contributed by atoms with Crippen molar-refractivity contribution >= 4 is 23.5 Å². The quantitative estimate of drug-likeness (QED) is 0.596. The van der Waals surface area contributed by atoms with E-state index < -0.39 is 12.1 Å². The second-order valence-electron chi connectivity index (χ2n) is 7.98. The molecule has 0 aromatic heterocycles. The molecule has 2 atom stereocenters. The molecule has 9 heteroatoms. The second kappa shape index (κ2) is 9.40. The van der Waals surface area contributed by atoms with Crippen molar-refractivity contribution in [3.63, 3.8) is 0 Å². The lowest BCUT2D eigenvalue weighted by atomic mass is 10.1. The lowest BCUT2D eigenvalue weighted by Crippen LogP contribution is -2.33. The average Bonchev–Trinajstić information content (AvgIpc) is 3.35. The van der Waals surface area contributed by atoms with Gasteiger partial charge in [0.25, 0.3) is 5.91 Å². The van der Waals surface area contributed by atoms with Crippen LogP contribution in [0.5, 0.6) is 17.2 Å². The van der Waals surface area contributed by atoms with E-state index in [1.54, 1.807) is 45.6 Å². The highest BCUT2D eigenvalue weighted by atomic mass is 16.5. The molecule has 174 valence electrons. The van der Waals surface area contributed by atoms with Crippen LogP contribution in [-0.2, 0) is 16.0 Å². The monoisotopic (exact) mass is 453 g/mol. The van der Waals surface area contributed by atoms with Crippen LogP contribution in [0, 0.1) is 0 Å². The number of hydrogen-bond acceptors (Lipinski definition) is 6. The highest BCUT2D eigenvalue weighted by Crippen LogP contribution is 2.39. The lowest BCUT2D eigenvalue weighted by Gasteiger charge is -2.17. The molecule has 2 aromatic carbocycles. The number of hydrogen-bond donors (Lipinski definition) is 2. The summed E-state index contributed by atoms with van der Waals surface area (Å²) in [6.07, 6.45) is 1.94. The second-order valence-corrected chi connectivity index (χ2v) is 7.98. The highest BCUT2D eigenvalue weighted by Gasteiger charge is 2.39. The van der Waals surface area contributed by atoms with Gasteiger partial charge in [-0.2, -0.15) is 0 Å². The molecule has 1 fully saturated rings. The van der Waals surface area contributed by atoms with Crippen molar-refractivity contribution in [3.8, 4) is 17.2 Å². The predicted octanol–water partition coefficient (Wildman–Crippen LogP) is 2.72. The summed E-state index contributed by atoms with van der Waals surface area (Å²) in [5, 5.41) is 5.71. The number of nitrogens with zero attached hydrogens (tertiary/aromatic N) is 1. The van der Waals surface area contributed by atoms with E-state index in [2.05, 4.69) is 10.6 Å². The minimum Gasteiger partial charge on any atom is -0.497 e. The van der Waals surface area contributed by atoms with E-state index in [-0.39, 0.29) is 30.7 Å². The SMILES string of the molecule is COc1ccc(N2C(=O)N[C@@H](CCC(=O)N[C@@H]3CCc4cc(OC)c(OC)cc43)C2=O)cc1. The van der Waals surface area contributed by atoms with Gasteiger partial charge in [-0.25, -0.2) is 9.69 Å². The molecule has 2 N–H and O–H groups in total. The molecule has 4 rings (SSSR count). The van der Waals surface area contributed by atoms with Gasteiger partial charge in [0.05, 0.1) is 33.1 Å². The van der Waals surface area contributed by atoms with Crippen LogP contribution in [0.15, 0.2) is 36.4 Å². The van der Waals surface area contributed by atoms with Crippen molar-refractivity contribution in [2.75, 3.05) is 26.2 Å². The number of methoxy groups -OCH3 is 3. The number of imide groups is 1. The first-order valence-corrected chi connectivity index (χ1v) is 10.8. The van der Waals surface area contributed by atoms with Crippen molar-refractivity contribution in [2.24, 2.45) is 0 Å². The first-order chi connectivity index (χ1) is 15.9. The van der Waals surface area contributed by atoms with Gasteiger partial charge in [-0.15, -0.1) is 0 Å². The van der Waals surface area contributed by atoms with E-state index in [1.165, 1.54) is 0 Å². The van der Waals surface area contributed by atoms with E-state index >= 15 is 0 Å². The molecule has 1 saturated heterocycles. The van der Waals surface area contributed by atoms with E-state index in [0.717, 1.165) is 28.9 Å². The summed E-state index contributed by atoms with van der Waals surface area (Å²) in [6.45, 7) is 0. The van der Waals surface area contributed by atoms with Gasteiger partial charge in [0.1, 0.15) is 11.8 Å². The van der Waals surface area contributed by atoms with Gasteiger partial charge in [-0.3, -0.25) is 9.59 Å². The van der Waals surface area contributed by atoms with Crippen molar-refractivity contribution in [1.82, 2.24) is 10.6 Å². The van der Waals surface area contributed by atoms with Crippen LogP contribution in [0.2, 0.25) is 0 Å². The van der Waals surface area contributed by atoms with Crippen LogP contribution in [0.1, 0.15) is 36.4 Å². The Labute approximate surface area is 192 Å². The summed E-state index contributed by atoms with van der Waals surface area (Å²) in [4.78, 5) is 38.9. The zero-order valence-electron chi connectivity index (χ0n) is 18.8. The first kappa shape index (κ1) is 22.4. The number of benzene rings is 2. The molecule has 1 aliphatic heterocycles. The standard InChI is InChI=1S/C24H27N3O6/c1-31-16-7-5-15(6-8-16)27-23(29)19(26-24(27)30)10-11-22(28)25-18-9-4-14-12-20(32-2)21(33-3)13-17(14)18/h5-8,12-13,18-19H,4,9-11H2,1-3H3,(H,25,28)(H,26,30)/t18-,19+/m1/s1. The third-order valence-corrected chi connectivity index (χ3v) is 6.07. The summed E-state index contributed by atoms with van der Waals surface area (Å²) in [6, 6.07) is 9.13. The largest absolute Gasteiger partial charge is 0.497 e. The van der Waals surface area contributed by atoms with Gasteiger partial charge in [0.2, 0.25) is 5.91 Å². The van der Waals surface area contributed by atoms with E-state index in [9.17, 15) is 14.4 Å². The number of carbonyl (C=O) groups is 3. The maximum atomic E-state index is 12.8. The normalized spacial score (nSPS) is 19.2. The van der Waals surface area contributed by atoms with Crippen LogP contribution in [0.25, 0.3) is 0 Å². The number of amides is 4. The number of rotatable bonds is 8. The fraction of sp³-hybridized carbons (Fsp3) is 0.375. The third kappa shape index (κ3) is 4.44. The summed E-state index contributed by atoms with van der Waals surface area (Å²) >= 11 is 0. The number of urea groups is 1. The van der Waals surface area contributed by atoms with E-state index in [1.807, 2.05) is 12.1 Å². The maximum absolute atomic E-state index is 12.8. The van der Waals surface area contributed by atoms with Crippen molar-refractivity contribution in [3.05, 3.63) is 47.5 Å². The van der Waals surface area contributed by atoms with Crippen molar-refractivity contribution < 1.29 is 28.6 Å². The van der Waals surface area contributed by atoms with Crippen LogP contribution >= 0.6 is 0 Å². The number of fused-ring (bicyclic) bond motifs is 1. The van der Waals surface area contributed by atoms with Crippen molar-refractivity contribution in [1.29, 1.82) is 0 Å². The Morgan fingerprint density at radius 3 is 2.42 bits per heavy atom. The van der Waals surface area contributed by atoms with Gasteiger partial charge in [-0.1, -0.05) is 0 Å². The molecule has 0 bridgehead atoms. The van der Waals surface area contributed by atoms with E-state index in [0.29, 0.717) is 22.9 Å². The fourth-order valence-corrected chi connectivity index (χ4v) is 4.33. The van der Waals surface area contributed by atoms with Crippen LogP contribution in [0.3, 0.4) is 0 Å². The molecule has 0 radical (unpaired) electrons. The molecule has 33 heavy (non-hydrogen) atoms. The molecule has 0 saturated carbocycles. The number of anilines is 1. The molecular formula is C24H27N3O6. The van der Waals surface area contributed by atoms with Crippen LogP contribution < -0.4 is 29.7 Å². The minimum atomic E-state index is -0.745. The summed E-state index contributed by atoms with van der Waals surface area (Å²) < 4.78 is 15.9. The molecule has 0 spiro atoms. The lowest BCUT2D eigenvalue weighted by molar-refractivity contribution is -0.122. The Balaban J connectivity index is 1.35. The van der Waals surface area contributed by atoms with Gasteiger partial charge < -0.3 is 24.8 Å². The molecule has 1 heterocycles.